The largest absolute Gasteiger partial charge is 0.481 e. The first-order valence-electron chi connectivity index (χ1n) is 8.12. The lowest BCUT2D eigenvalue weighted by atomic mass is 9.99. The maximum atomic E-state index is 12.8. The number of carboxylic acid groups (broad SMARTS) is 1. The number of benzene rings is 1. The Morgan fingerprint density at radius 1 is 1.15 bits per heavy atom. The summed E-state index contributed by atoms with van der Waals surface area (Å²) >= 11 is 0. The number of hydrogen-bond acceptors (Lipinski definition) is 5. The number of piperidine rings is 1. The van der Waals surface area contributed by atoms with E-state index in [0.717, 1.165) is 0 Å². The van der Waals surface area contributed by atoms with E-state index in [-0.39, 0.29) is 18.1 Å². The molecule has 1 aliphatic rings. The van der Waals surface area contributed by atoms with Gasteiger partial charge in [0.25, 0.3) is 10.0 Å². The average Bonchev–Trinajstić information content (AvgIpc) is 2.68. The number of pyridine rings is 1. The summed E-state index contributed by atoms with van der Waals surface area (Å²) in [6.45, 7) is 0.337. The summed E-state index contributed by atoms with van der Waals surface area (Å²) in [5, 5.41) is 17.8. The highest BCUT2D eigenvalue weighted by atomic mass is 32.2. The van der Waals surface area contributed by atoms with Crippen molar-refractivity contribution in [3.63, 3.8) is 0 Å². The first-order valence-corrected chi connectivity index (χ1v) is 9.56. The maximum absolute atomic E-state index is 12.8. The van der Waals surface area contributed by atoms with Crippen LogP contribution in [-0.2, 0) is 14.8 Å². The van der Waals surface area contributed by atoms with Crippen molar-refractivity contribution in [3.8, 4) is 17.3 Å². The number of sulfonamides is 1. The van der Waals surface area contributed by atoms with Gasteiger partial charge < -0.3 is 5.11 Å². The Hall–Kier alpha value is -2.76. The zero-order chi connectivity index (χ0) is 18.7. The van der Waals surface area contributed by atoms with Gasteiger partial charge in [0.1, 0.15) is 0 Å². The molecule has 0 spiro atoms. The van der Waals surface area contributed by atoms with Gasteiger partial charge >= 0.3 is 5.97 Å². The normalized spacial score (nSPS) is 16.1. The predicted molar refractivity (Wildman–Crippen MR) is 93.5 cm³/mol. The highest BCUT2D eigenvalue weighted by molar-refractivity contribution is 7.89. The fourth-order valence-electron chi connectivity index (χ4n) is 2.91. The van der Waals surface area contributed by atoms with Crippen LogP contribution in [0.2, 0.25) is 0 Å². The van der Waals surface area contributed by atoms with Crippen LogP contribution in [0.4, 0.5) is 0 Å². The molecule has 1 saturated heterocycles. The second-order valence-corrected chi connectivity index (χ2v) is 7.95. The summed E-state index contributed by atoms with van der Waals surface area (Å²) in [6, 6.07) is 13.5. The molecule has 2 aromatic rings. The van der Waals surface area contributed by atoms with Gasteiger partial charge in [-0.05, 0) is 37.1 Å². The lowest BCUT2D eigenvalue weighted by Gasteiger charge is -2.28. The van der Waals surface area contributed by atoms with Gasteiger partial charge in [0, 0.05) is 18.7 Å². The Morgan fingerprint density at radius 2 is 1.81 bits per heavy atom. The summed E-state index contributed by atoms with van der Waals surface area (Å²) in [7, 11) is -3.78. The number of carboxylic acids is 1. The zero-order valence-corrected chi connectivity index (χ0v) is 14.7. The highest BCUT2D eigenvalue weighted by Gasteiger charge is 2.32. The summed E-state index contributed by atoms with van der Waals surface area (Å²) in [5.41, 5.74) is 1.72. The van der Waals surface area contributed by atoms with Crippen molar-refractivity contribution in [2.45, 2.75) is 17.9 Å². The molecule has 1 aromatic heterocycles. The topological polar surface area (TPSA) is 111 Å². The number of hydrogen-bond donors (Lipinski definition) is 1. The van der Waals surface area contributed by atoms with Gasteiger partial charge in [-0.1, -0.05) is 18.2 Å². The first kappa shape index (κ1) is 18.0. The predicted octanol–water partition coefficient (Wildman–Crippen LogP) is 2.11. The maximum Gasteiger partial charge on any atom is 0.306 e. The smallest absolute Gasteiger partial charge is 0.306 e. The lowest BCUT2D eigenvalue weighted by Crippen LogP contribution is -2.40. The molecule has 0 saturated carbocycles. The van der Waals surface area contributed by atoms with Crippen LogP contribution in [-0.4, -0.2) is 41.9 Å². The van der Waals surface area contributed by atoms with E-state index >= 15 is 0 Å². The third-order valence-electron chi connectivity index (χ3n) is 4.44. The van der Waals surface area contributed by atoms with Crippen molar-refractivity contribution in [3.05, 3.63) is 48.0 Å². The molecule has 0 aliphatic carbocycles. The van der Waals surface area contributed by atoms with Crippen LogP contribution >= 0.6 is 0 Å². The van der Waals surface area contributed by atoms with Gasteiger partial charge in [0.05, 0.1) is 23.2 Å². The van der Waals surface area contributed by atoms with Crippen LogP contribution < -0.4 is 0 Å². The molecule has 0 radical (unpaired) electrons. The van der Waals surface area contributed by atoms with Gasteiger partial charge in [-0.15, -0.1) is 0 Å². The van der Waals surface area contributed by atoms with Gasteiger partial charge in [0.2, 0.25) is 0 Å². The van der Waals surface area contributed by atoms with Crippen molar-refractivity contribution < 1.29 is 18.3 Å². The lowest BCUT2D eigenvalue weighted by molar-refractivity contribution is -0.142. The molecule has 0 amide bonds. The number of rotatable bonds is 4. The fraction of sp³-hybridized carbons (Fsp3) is 0.278. The fourth-order valence-corrected chi connectivity index (χ4v) is 4.33. The molecule has 0 unspecified atom stereocenters. The van der Waals surface area contributed by atoms with E-state index in [1.165, 1.54) is 10.4 Å². The number of nitriles is 1. The Bertz CT molecular complexity index is 957. The standard InChI is InChI=1S/C18H17N3O4S/c19-12-13-4-6-14(7-5-13)16-2-1-3-17(20-16)26(24,25)21-10-8-15(9-11-21)18(22)23/h1-7,15H,8-11H2,(H,22,23). The Labute approximate surface area is 151 Å². The summed E-state index contributed by atoms with van der Waals surface area (Å²) in [5.74, 6) is -1.39. The van der Waals surface area contributed by atoms with Crippen molar-refractivity contribution in [2.75, 3.05) is 13.1 Å². The SMILES string of the molecule is N#Cc1ccc(-c2cccc(S(=O)(=O)N3CCC(C(=O)O)CC3)n2)cc1. The van der Waals surface area contributed by atoms with Crippen molar-refractivity contribution >= 4 is 16.0 Å². The Kier molecular flexibility index (Phi) is 5.02. The average molecular weight is 371 g/mol. The van der Waals surface area contributed by atoms with E-state index in [4.69, 9.17) is 10.4 Å². The van der Waals surface area contributed by atoms with E-state index in [9.17, 15) is 13.2 Å². The number of nitrogens with zero attached hydrogens (tertiary/aromatic N) is 3. The summed E-state index contributed by atoms with van der Waals surface area (Å²) in [4.78, 5) is 15.3. The van der Waals surface area contributed by atoms with Crippen LogP contribution in [0.15, 0.2) is 47.5 Å². The van der Waals surface area contributed by atoms with E-state index in [2.05, 4.69) is 4.98 Å². The second-order valence-electron chi connectivity index (χ2n) is 6.07. The third-order valence-corrected chi connectivity index (χ3v) is 6.24. The van der Waals surface area contributed by atoms with Crippen LogP contribution in [0.5, 0.6) is 0 Å². The molecular formula is C18H17N3O4S. The van der Waals surface area contributed by atoms with E-state index in [1.807, 2.05) is 6.07 Å². The molecule has 1 fully saturated rings. The quantitative estimate of drug-likeness (QED) is 0.881. The molecule has 1 N–H and O–H groups in total. The van der Waals surface area contributed by atoms with Crippen molar-refractivity contribution in [2.24, 2.45) is 5.92 Å². The zero-order valence-electron chi connectivity index (χ0n) is 13.9. The number of carbonyl (C=O) groups is 1. The molecule has 134 valence electrons. The second kappa shape index (κ2) is 7.23. The number of aromatic nitrogens is 1. The Morgan fingerprint density at radius 3 is 2.38 bits per heavy atom. The molecule has 26 heavy (non-hydrogen) atoms. The Balaban J connectivity index is 1.85. The van der Waals surface area contributed by atoms with Crippen LogP contribution in [0.25, 0.3) is 11.3 Å². The van der Waals surface area contributed by atoms with E-state index in [1.54, 1.807) is 36.4 Å². The minimum atomic E-state index is -3.78. The van der Waals surface area contributed by atoms with E-state index < -0.39 is 21.9 Å². The van der Waals surface area contributed by atoms with Crippen LogP contribution in [0.3, 0.4) is 0 Å². The van der Waals surface area contributed by atoms with Gasteiger partial charge in [-0.25, -0.2) is 13.4 Å². The molecule has 0 bridgehead atoms. The third kappa shape index (κ3) is 3.59. The molecule has 2 heterocycles. The van der Waals surface area contributed by atoms with Gasteiger partial charge in [-0.2, -0.15) is 9.57 Å². The minimum absolute atomic E-state index is 0.0619. The molecule has 0 atom stereocenters. The molecule has 7 nitrogen and oxygen atoms in total. The summed E-state index contributed by atoms with van der Waals surface area (Å²) < 4.78 is 26.9. The molecular weight excluding hydrogens is 354 g/mol. The molecule has 1 aliphatic heterocycles. The monoisotopic (exact) mass is 371 g/mol. The number of aliphatic carboxylic acids is 1. The minimum Gasteiger partial charge on any atom is -0.481 e. The summed E-state index contributed by atoms with van der Waals surface area (Å²) in [6.07, 6.45) is 0.591. The van der Waals surface area contributed by atoms with Crippen molar-refractivity contribution in [1.29, 1.82) is 5.26 Å². The molecule has 1 aromatic carbocycles. The van der Waals surface area contributed by atoms with Gasteiger partial charge in [0.15, 0.2) is 5.03 Å². The molecule has 3 rings (SSSR count). The van der Waals surface area contributed by atoms with E-state index in [0.29, 0.717) is 29.7 Å². The van der Waals surface area contributed by atoms with Gasteiger partial charge in [-0.3, -0.25) is 4.79 Å². The van der Waals surface area contributed by atoms with Crippen molar-refractivity contribution in [1.82, 2.24) is 9.29 Å². The first-order chi connectivity index (χ1) is 12.4. The van der Waals surface area contributed by atoms with Crippen LogP contribution in [0, 0.1) is 17.2 Å². The molecule has 8 heteroatoms. The highest BCUT2D eigenvalue weighted by Crippen LogP contribution is 2.25. The van der Waals surface area contributed by atoms with Crippen LogP contribution in [0.1, 0.15) is 18.4 Å².